The van der Waals surface area contributed by atoms with E-state index >= 15 is 0 Å². The van der Waals surface area contributed by atoms with E-state index in [4.69, 9.17) is 0 Å². The summed E-state index contributed by atoms with van der Waals surface area (Å²) in [5, 5.41) is 0. The Labute approximate surface area is 431 Å². The lowest BCUT2D eigenvalue weighted by Crippen LogP contribution is -3.00. The van der Waals surface area contributed by atoms with Gasteiger partial charge in [0.05, 0.1) is 0 Å². The molecule has 0 saturated carbocycles. The van der Waals surface area contributed by atoms with Crippen LogP contribution in [0.1, 0.15) is 144 Å². The molecule has 2 aliphatic heterocycles. The summed E-state index contributed by atoms with van der Waals surface area (Å²) in [5.41, 5.74) is 27.3. The Morgan fingerprint density at radius 1 is 0.271 bits per heavy atom. The molecule has 0 fully saturated rings. The third-order valence-corrected chi connectivity index (χ3v) is 17.1. The number of fused-ring (bicyclic) bond motifs is 6. The Bertz CT molecular complexity index is 2790. The number of aryl methyl sites for hydroxylation is 4. The molecule has 10 rings (SSSR count). The van der Waals surface area contributed by atoms with Gasteiger partial charge in [0, 0.05) is 43.9 Å². The molecule has 8 aromatic carbocycles. The largest absolute Gasteiger partial charge is 1.00 e. The zero-order valence-corrected chi connectivity index (χ0v) is 45.4. The van der Waals surface area contributed by atoms with E-state index in [-0.39, 0.29) is 38.6 Å². The van der Waals surface area contributed by atoms with Crippen LogP contribution in [0.25, 0.3) is 22.3 Å². The van der Waals surface area contributed by atoms with E-state index in [0.29, 0.717) is 0 Å². The Kier molecular flexibility index (Phi) is 12.7. The van der Waals surface area contributed by atoms with Crippen LogP contribution in [0.5, 0.6) is 0 Å². The van der Waals surface area contributed by atoms with Gasteiger partial charge < -0.3 is 21.5 Å². The van der Waals surface area contributed by atoms with Crippen molar-refractivity contribution in [1.82, 2.24) is 0 Å². The minimum atomic E-state index is -0.179. The van der Waals surface area contributed by atoms with E-state index in [2.05, 4.69) is 253 Å². The molecule has 0 aliphatic carbocycles. The van der Waals surface area contributed by atoms with Crippen molar-refractivity contribution >= 4 is 0 Å². The summed E-state index contributed by atoms with van der Waals surface area (Å²) in [6.07, 6.45) is 0. The number of rotatable bonds is 8. The first-order valence-electron chi connectivity index (χ1n) is 25.4. The summed E-state index contributed by atoms with van der Waals surface area (Å²) in [7, 11) is 0. The highest BCUT2D eigenvalue weighted by molar-refractivity contribution is 5.81. The molecule has 0 atom stereocenters. The molecule has 0 unspecified atom stereocenters. The average molecular weight is 983 g/mol. The first kappa shape index (κ1) is 49.2. The molecule has 356 valence electrons. The van der Waals surface area contributed by atoms with Crippen molar-refractivity contribution < 1.29 is 21.5 Å². The van der Waals surface area contributed by atoms with Crippen LogP contribution in [0.2, 0.25) is 0 Å². The van der Waals surface area contributed by atoms with Crippen molar-refractivity contribution in [2.75, 3.05) is 0 Å². The van der Waals surface area contributed by atoms with Gasteiger partial charge in [-0.05, 0) is 141 Å². The number of halogens is 1. The molecule has 0 aromatic heterocycles. The van der Waals surface area contributed by atoms with Crippen LogP contribution in [-0.4, -0.2) is 4.48 Å². The van der Waals surface area contributed by atoms with Crippen molar-refractivity contribution in [2.24, 2.45) is 0 Å². The molecule has 0 N–H and O–H groups in total. The number of hydrogen-bond donors (Lipinski definition) is 0. The van der Waals surface area contributed by atoms with Gasteiger partial charge in [0.2, 0.25) is 0 Å². The van der Waals surface area contributed by atoms with Crippen LogP contribution in [0.15, 0.2) is 170 Å². The highest BCUT2D eigenvalue weighted by Gasteiger charge is 2.42. The van der Waals surface area contributed by atoms with Gasteiger partial charge >= 0.3 is 0 Å². The molecule has 0 radical (unpaired) electrons. The molecule has 2 heterocycles. The normalized spacial score (nSPS) is 14.3. The Hall–Kier alpha value is -5.80. The molecule has 2 aliphatic rings. The Morgan fingerprint density at radius 2 is 0.457 bits per heavy atom. The molecule has 0 saturated heterocycles. The van der Waals surface area contributed by atoms with Crippen molar-refractivity contribution in [3.63, 3.8) is 0 Å². The number of quaternary nitrogens is 1. The van der Waals surface area contributed by atoms with Crippen LogP contribution in [-0.2, 0) is 47.8 Å². The van der Waals surface area contributed by atoms with Gasteiger partial charge in [-0.1, -0.05) is 201 Å². The van der Waals surface area contributed by atoms with Gasteiger partial charge in [-0.15, -0.1) is 0 Å². The topological polar surface area (TPSA) is 0 Å². The van der Waals surface area contributed by atoms with Crippen molar-refractivity contribution in [3.05, 3.63) is 259 Å². The number of nitrogens with zero attached hydrogens (tertiary/aromatic N) is 1. The summed E-state index contributed by atoms with van der Waals surface area (Å²) in [5.74, 6) is 0. The van der Waals surface area contributed by atoms with Gasteiger partial charge in [0.1, 0.15) is 26.2 Å². The maximum absolute atomic E-state index is 2.62. The third-order valence-electron chi connectivity index (χ3n) is 17.1. The summed E-state index contributed by atoms with van der Waals surface area (Å²) >= 11 is 0. The van der Waals surface area contributed by atoms with Crippen molar-refractivity contribution in [2.45, 2.75) is 131 Å². The van der Waals surface area contributed by atoms with Crippen LogP contribution >= 0.6 is 0 Å². The van der Waals surface area contributed by atoms with E-state index in [1.807, 2.05) is 0 Å². The minimum absolute atomic E-state index is 0. The highest BCUT2D eigenvalue weighted by Crippen LogP contribution is 2.51. The molecule has 0 amide bonds. The molecule has 8 aromatic rings. The van der Waals surface area contributed by atoms with E-state index < -0.39 is 0 Å². The summed E-state index contributed by atoms with van der Waals surface area (Å²) < 4.78 is 0.895. The lowest BCUT2D eigenvalue weighted by molar-refractivity contribution is -0.978. The van der Waals surface area contributed by atoms with E-state index in [1.54, 1.807) is 0 Å². The van der Waals surface area contributed by atoms with Gasteiger partial charge in [0.15, 0.2) is 0 Å². The van der Waals surface area contributed by atoms with Gasteiger partial charge in [-0.25, -0.2) is 0 Å². The standard InChI is InChI=1S/C68H72N.BrH/c1-45-33-57(65(5,6)53-25-17-13-18-26-53)37-49-41-69(42-50-38-58(34-46(2)62(50)61(45)49)66(7,8)54-27-19-14-20-28-54)43-51-39-59(67(9,10)55-29-21-15-22-30-55)35-47(3)63(51)64-48(4)36-60(40-52(64)44-69)68(11,12)56-31-23-16-24-32-56;/h13-40H,41-44H2,1-12H3;1H/q+1;/p-1. The van der Waals surface area contributed by atoms with Gasteiger partial charge in [0.25, 0.3) is 0 Å². The summed E-state index contributed by atoms with van der Waals surface area (Å²) in [6.45, 7) is 32.6. The molecule has 1 spiro atoms. The zero-order valence-electron chi connectivity index (χ0n) is 43.8. The average Bonchev–Trinajstić information content (AvgIpc) is 3.57. The summed E-state index contributed by atoms with van der Waals surface area (Å²) in [4.78, 5) is 0. The predicted octanol–water partition coefficient (Wildman–Crippen LogP) is 14.1. The monoisotopic (exact) mass is 981 g/mol. The lowest BCUT2D eigenvalue weighted by Gasteiger charge is -2.39. The SMILES string of the molecule is Cc1cc(C(C)(C)c2ccccc2)cc2c1-c1c(C)cc(C(C)(C)c3ccccc3)cc1C[N+]1(C2)Cc2cc(C(C)(C)c3ccccc3)cc(C)c2-c2c(C)cc(C(C)(C)c3ccccc3)cc2C1.[Br-]. The van der Waals surface area contributed by atoms with Crippen LogP contribution in [0.3, 0.4) is 0 Å². The zero-order chi connectivity index (χ0) is 48.7. The van der Waals surface area contributed by atoms with E-state index in [9.17, 15) is 0 Å². The minimum Gasteiger partial charge on any atom is -1.00 e. The Morgan fingerprint density at radius 3 is 0.643 bits per heavy atom. The molecular formula is C68H72BrN. The highest BCUT2D eigenvalue weighted by atomic mass is 79.9. The smallest absolute Gasteiger partial charge is 0.106 e. The molecular weight excluding hydrogens is 911 g/mol. The summed E-state index contributed by atoms with van der Waals surface area (Å²) in [6, 6.07) is 65.1. The van der Waals surface area contributed by atoms with Crippen LogP contribution in [0.4, 0.5) is 0 Å². The maximum atomic E-state index is 2.62. The van der Waals surface area contributed by atoms with Crippen LogP contribution < -0.4 is 17.0 Å². The predicted molar refractivity (Wildman–Crippen MR) is 292 cm³/mol. The Balaban J connectivity index is 0.00000608. The van der Waals surface area contributed by atoms with Crippen LogP contribution in [0, 0.1) is 27.7 Å². The van der Waals surface area contributed by atoms with Gasteiger partial charge in [-0.2, -0.15) is 0 Å². The fourth-order valence-corrected chi connectivity index (χ4v) is 12.7. The van der Waals surface area contributed by atoms with Gasteiger partial charge in [-0.3, -0.25) is 0 Å². The van der Waals surface area contributed by atoms with E-state index in [1.165, 1.54) is 111 Å². The fraction of sp³-hybridized carbons (Fsp3) is 0.294. The second kappa shape index (κ2) is 18.1. The number of hydrogen-bond acceptors (Lipinski definition) is 0. The quantitative estimate of drug-likeness (QED) is 0.133. The van der Waals surface area contributed by atoms with Crippen molar-refractivity contribution in [3.8, 4) is 22.3 Å². The molecule has 1 nitrogen and oxygen atoms in total. The number of benzene rings is 8. The lowest BCUT2D eigenvalue weighted by atomic mass is 9.74. The van der Waals surface area contributed by atoms with Crippen molar-refractivity contribution in [1.29, 1.82) is 0 Å². The maximum Gasteiger partial charge on any atom is 0.106 e. The first-order valence-corrected chi connectivity index (χ1v) is 25.4. The van der Waals surface area contributed by atoms with E-state index in [0.717, 1.165) is 30.7 Å². The third kappa shape index (κ3) is 8.43. The second-order valence-corrected chi connectivity index (χ2v) is 23.2. The molecule has 2 heteroatoms. The second-order valence-electron chi connectivity index (χ2n) is 23.2. The first-order chi connectivity index (χ1) is 32.8. The molecule has 0 bridgehead atoms. The molecule has 70 heavy (non-hydrogen) atoms. The fourth-order valence-electron chi connectivity index (χ4n) is 12.7.